The molecule has 1 heterocycles. The van der Waals surface area contributed by atoms with Crippen molar-refractivity contribution in [2.45, 2.75) is 52.6 Å². The van der Waals surface area contributed by atoms with Crippen molar-refractivity contribution in [1.29, 1.82) is 0 Å². The third-order valence-electron chi connectivity index (χ3n) is 4.53. The van der Waals surface area contributed by atoms with Crippen LogP contribution in [0.1, 0.15) is 54.5 Å². The zero-order valence-corrected chi connectivity index (χ0v) is 17.1. The minimum Gasteiger partial charge on any atom is -0.466 e. The molecule has 1 aromatic carbocycles. The molecule has 0 radical (unpaired) electrons. The van der Waals surface area contributed by atoms with Gasteiger partial charge in [0.1, 0.15) is 0 Å². The summed E-state index contributed by atoms with van der Waals surface area (Å²) >= 11 is 0. The molecule has 0 saturated carbocycles. The summed E-state index contributed by atoms with van der Waals surface area (Å²) in [5, 5.41) is 9.57. The largest absolute Gasteiger partial charge is 0.466 e. The Morgan fingerprint density at radius 3 is 1.97 bits per heavy atom. The molecule has 2 rings (SSSR count). The molecule has 0 aliphatic heterocycles. The highest BCUT2D eigenvalue weighted by Gasteiger charge is 2.10. The van der Waals surface area contributed by atoms with Gasteiger partial charge in [0.25, 0.3) is 0 Å². The van der Waals surface area contributed by atoms with Gasteiger partial charge in [0.05, 0.1) is 19.8 Å². The molecule has 0 atom stereocenters. The number of nitrogens with zero attached hydrogens (tertiary/aromatic N) is 1. The van der Waals surface area contributed by atoms with Crippen LogP contribution in [0.2, 0.25) is 0 Å². The van der Waals surface area contributed by atoms with Crippen LogP contribution in [0.25, 0.3) is 0 Å². The predicted molar refractivity (Wildman–Crippen MR) is 109 cm³/mol. The summed E-state index contributed by atoms with van der Waals surface area (Å²) in [5.41, 5.74) is 4.87. The second-order valence-corrected chi connectivity index (χ2v) is 6.75. The Labute approximate surface area is 171 Å². The van der Waals surface area contributed by atoms with E-state index in [2.05, 4.69) is 17.1 Å². The van der Waals surface area contributed by atoms with Gasteiger partial charge in [0, 0.05) is 25.2 Å². The third kappa shape index (κ3) is 7.66. The molecular weight excluding hydrogens is 370 g/mol. The Morgan fingerprint density at radius 2 is 1.45 bits per heavy atom. The lowest BCUT2D eigenvalue weighted by molar-refractivity contribution is -0.143. The van der Waals surface area contributed by atoms with Crippen LogP contribution >= 0.6 is 0 Å². The van der Waals surface area contributed by atoms with Crippen molar-refractivity contribution >= 4 is 11.9 Å². The molecule has 0 saturated heterocycles. The monoisotopic (exact) mass is 399 g/mol. The number of benzene rings is 1. The van der Waals surface area contributed by atoms with Gasteiger partial charge in [0.15, 0.2) is 0 Å². The first kappa shape index (κ1) is 22.6. The molecule has 0 unspecified atom stereocenters. The number of aromatic nitrogens is 1. The molecule has 0 bridgehead atoms. The van der Waals surface area contributed by atoms with Gasteiger partial charge in [0.2, 0.25) is 0 Å². The van der Waals surface area contributed by atoms with E-state index in [4.69, 9.17) is 9.47 Å². The van der Waals surface area contributed by atoms with E-state index in [1.807, 2.05) is 12.1 Å². The first-order valence-corrected chi connectivity index (χ1v) is 10.0. The summed E-state index contributed by atoms with van der Waals surface area (Å²) in [6.45, 7) is 4.27. The third-order valence-corrected chi connectivity index (χ3v) is 4.53. The molecule has 0 aliphatic carbocycles. The van der Waals surface area contributed by atoms with E-state index in [1.54, 1.807) is 26.2 Å². The second-order valence-electron chi connectivity index (χ2n) is 6.75. The smallest absolute Gasteiger partial charge is 0.306 e. The van der Waals surface area contributed by atoms with E-state index in [0.717, 1.165) is 27.8 Å². The Bertz CT molecular complexity index is 778. The number of aryl methyl sites for hydroxylation is 2. The highest BCUT2D eigenvalue weighted by atomic mass is 16.5. The molecule has 0 spiro atoms. The van der Waals surface area contributed by atoms with Crippen molar-refractivity contribution in [2.75, 3.05) is 13.2 Å². The maximum absolute atomic E-state index is 11.7. The van der Waals surface area contributed by atoms with E-state index in [-0.39, 0.29) is 18.5 Å². The van der Waals surface area contributed by atoms with E-state index in [1.165, 1.54) is 0 Å². The number of hydrogen-bond acceptors (Lipinski definition) is 6. The van der Waals surface area contributed by atoms with Crippen molar-refractivity contribution in [2.24, 2.45) is 0 Å². The summed E-state index contributed by atoms with van der Waals surface area (Å²) in [7, 11) is 0. The molecule has 0 amide bonds. The Balaban J connectivity index is 2.20. The Hall–Kier alpha value is -2.73. The lowest BCUT2D eigenvalue weighted by Gasteiger charge is -2.12. The molecule has 2 aromatic rings. The summed E-state index contributed by atoms with van der Waals surface area (Å²) in [5.74, 6) is -0.443. The minimum atomic E-state index is -0.221. The van der Waals surface area contributed by atoms with Crippen LogP contribution in [0.4, 0.5) is 0 Å². The summed E-state index contributed by atoms with van der Waals surface area (Å²) in [6, 6.07) is 7.95. The van der Waals surface area contributed by atoms with Crippen LogP contribution < -0.4 is 0 Å². The van der Waals surface area contributed by atoms with E-state index >= 15 is 0 Å². The average molecular weight is 399 g/mol. The molecule has 1 N–H and O–H groups in total. The first-order valence-electron chi connectivity index (χ1n) is 10.0. The molecular formula is C23H29NO5. The van der Waals surface area contributed by atoms with Gasteiger partial charge in [-0.25, -0.2) is 0 Å². The van der Waals surface area contributed by atoms with Crippen molar-refractivity contribution in [3.8, 4) is 0 Å². The summed E-state index contributed by atoms with van der Waals surface area (Å²) in [6.07, 6.45) is 5.79. The van der Waals surface area contributed by atoms with Crippen molar-refractivity contribution < 1.29 is 24.2 Å². The highest BCUT2D eigenvalue weighted by Crippen LogP contribution is 2.19. The maximum Gasteiger partial charge on any atom is 0.306 e. The number of aliphatic hydroxyl groups excluding tert-OH is 1. The second kappa shape index (κ2) is 12.0. The minimum absolute atomic E-state index is 0.0455. The fourth-order valence-electron chi connectivity index (χ4n) is 3.18. The van der Waals surface area contributed by atoms with Gasteiger partial charge < -0.3 is 14.6 Å². The van der Waals surface area contributed by atoms with Crippen LogP contribution in [0.5, 0.6) is 0 Å². The molecule has 29 heavy (non-hydrogen) atoms. The molecule has 0 fully saturated rings. The highest BCUT2D eigenvalue weighted by molar-refractivity contribution is 5.70. The zero-order chi connectivity index (χ0) is 21.1. The first-order chi connectivity index (χ1) is 14.0. The normalized spacial score (nSPS) is 10.6. The van der Waals surface area contributed by atoms with Crippen LogP contribution in [0.3, 0.4) is 0 Å². The SMILES string of the molecule is CCOC(=O)CCc1cc(CCC(=O)OCC)cc(Cc2cnccc2CO)c1. The standard InChI is InChI=1S/C23H29NO5/c1-3-28-22(26)7-5-17-11-18(6-8-23(27)29-4-2)13-19(12-17)14-21-15-24-10-9-20(21)16-25/h9-13,15,25H,3-8,14,16H2,1-2H3. The number of hydrogen-bond donors (Lipinski definition) is 1. The lowest BCUT2D eigenvalue weighted by atomic mass is 9.95. The molecule has 6 heteroatoms. The Morgan fingerprint density at radius 1 is 0.897 bits per heavy atom. The van der Waals surface area contributed by atoms with Crippen molar-refractivity contribution in [3.63, 3.8) is 0 Å². The van der Waals surface area contributed by atoms with Gasteiger partial charge in [-0.15, -0.1) is 0 Å². The molecule has 0 aliphatic rings. The van der Waals surface area contributed by atoms with E-state index in [9.17, 15) is 14.7 Å². The fraction of sp³-hybridized carbons (Fsp3) is 0.435. The average Bonchev–Trinajstić information content (AvgIpc) is 2.71. The van der Waals surface area contributed by atoms with E-state index in [0.29, 0.717) is 45.3 Å². The van der Waals surface area contributed by atoms with Crippen molar-refractivity contribution in [1.82, 2.24) is 4.98 Å². The van der Waals surface area contributed by atoms with Crippen LogP contribution in [-0.2, 0) is 44.9 Å². The number of esters is 2. The fourth-order valence-corrected chi connectivity index (χ4v) is 3.18. The molecule has 156 valence electrons. The predicted octanol–water partition coefficient (Wildman–Crippen LogP) is 3.16. The number of carbonyl (C=O) groups is 2. The number of aliphatic hydroxyl groups is 1. The lowest BCUT2D eigenvalue weighted by Crippen LogP contribution is -2.07. The van der Waals surface area contributed by atoms with Crippen LogP contribution in [0, 0.1) is 0 Å². The topological polar surface area (TPSA) is 85.7 Å². The van der Waals surface area contributed by atoms with Gasteiger partial charge >= 0.3 is 11.9 Å². The summed E-state index contributed by atoms with van der Waals surface area (Å²) < 4.78 is 10.0. The molecule has 1 aromatic heterocycles. The summed E-state index contributed by atoms with van der Waals surface area (Å²) in [4.78, 5) is 27.6. The maximum atomic E-state index is 11.7. The van der Waals surface area contributed by atoms with Crippen LogP contribution in [-0.4, -0.2) is 35.2 Å². The van der Waals surface area contributed by atoms with Gasteiger partial charge in [-0.1, -0.05) is 18.2 Å². The van der Waals surface area contributed by atoms with E-state index < -0.39 is 0 Å². The number of pyridine rings is 1. The number of ether oxygens (including phenoxy) is 2. The number of rotatable bonds is 11. The number of carbonyl (C=O) groups excluding carboxylic acids is 2. The van der Waals surface area contributed by atoms with Crippen molar-refractivity contribution in [3.05, 3.63) is 64.5 Å². The zero-order valence-electron chi connectivity index (χ0n) is 17.1. The van der Waals surface area contributed by atoms with Crippen LogP contribution in [0.15, 0.2) is 36.7 Å². The van der Waals surface area contributed by atoms with Gasteiger partial charge in [-0.2, -0.15) is 0 Å². The van der Waals surface area contributed by atoms with Gasteiger partial charge in [-0.3, -0.25) is 14.6 Å². The quantitative estimate of drug-likeness (QED) is 0.584. The molecule has 6 nitrogen and oxygen atoms in total. The Kier molecular flexibility index (Phi) is 9.31. The van der Waals surface area contributed by atoms with Gasteiger partial charge in [-0.05, 0) is 67.0 Å².